The SMILES string of the molecule is CCCCN(CC1CCCN1)C(=O)c1nccn1C. The van der Waals surface area contributed by atoms with E-state index in [1.54, 1.807) is 10.8 Å². The van der Waals surface area contributed by atoms with Crippen LogP contribution in [0.2, 0.25) is 0 Å². The van der Waals surface area contributed by atoms with Gasteiger partial charge >= 0.3 is 0 Å². The molecule has 1 aliphatic rings. The van der Waals surface area contributed by atoms with Gasteiger partial charge < -0.3 is 14.8 Å². The third kappa shape index (κ3) is 3.56. The molecule has 0 spiro atoms. The maximum absolute atomic E-state index is 12.5. The number of carbonyl (C=O) groups excluding carboxylic acids is 1. The van der Waals surface area contributed by atoms with Crippen molar-refractivity contribution in [2.75, 3.05) is 19.6 Å². The fourth-order valence-corrected chi connectivity index (χ4v) is 2.52. The molecule has 0 saturated carbocycles. The highest BCUT2D eigenvalue weighted by Crippen LogP contribution is 2.10. The van der Waals surface area contributed by atoms with Crippen LogP contribution in [0, 0.1) is 0 Å². The van der Waals surface area contributed by atoms with E-state index in [-0.39, 0.29) is 5.91 Å². The summed E-state index contributed by atoms with van der Waals surface area (Å²) >= 11 is 0. The fourth-order valence-electron chi connectivity index (χ4n) is 2.52. The molecule has 19 heavy (non-hydrogen) atoms. The van der Waals surface area contributed by atoms with Crippen molar-refractivity contribution in [1.29, 1.82) is 0 Å². The minimum absolute atomic E-state index is 0.0506. The number of aryl methyl sites for hydroxylation is 1. The summed E-state index contributed by atoms with van der Waals surface area (Å²) in [6.07, 6.45) is 8.02. The van der Waals surface area contributed by atoms with E-state index in [9.17, 15) is 4.79 Å². The highest BCUT2D eigenvalue weighted by Gasteiger charge is 2.24. The van der Waals surface area contributed by atoms with Crippen molar-refractivity contribution < 1.29 is 4.79 Å². The third-order valence-corrected chi connectivity index (χ3v) is 3.68. The third-order valence-electron chi connectivity index (χ3n) is 3.68. The van der Waals surface area contributed by atoms with Gasteiger partial charge in [0.2, 0.25) is 0 Å². The molecule has 106 valence electrons. The van der Waals surface area contributed by atoms with Crippen LogP contribution in [-0.4, -0.2) is 46.0 Å². The maximum Gasteiger partial charge on any atom is 0.289 e. The number of unbranched alkanes of at least 4 members (excludes halogenated alkanes) is 1. The van der Waals surface area contributed by atoms with Crippen LogP contribution in [0.4, 0.5) is 0 Å². The summed E-state index contributed by atoms with van der Waals surface area (Å²) in [5, 5.41) is 3.46. The van der Waals surface area contributed by atoms with Gasteiger partial charge in [-0.1, -0.05) is 13.3 Å². The van der Waals surface area contributed by atoms with E-state index in [0.29, 0.717) is 11.9 Å². The number of amides is 1. The number of imidazole rings is 1. The molecule has 1 N–H and O–H groups in total. The van der Waals surface area contributed by atoms with Crippen LogP contribution in [0.3, 0.4) is 0 Å². The first-order valence-electron chi connectivity index (χ1n) is 7.22. The number of hydrogen-bond acceptors (Lipinski definition) is 3. The Morgan fingerprint density at radius 2 is 2.47 bits per heavy atom. The van der Waals surface area contributed by atoms with E-state index >= 15 is 0 Å². The molecule has 1 aromatic rings. The number of carbonyl (C=O) groups is 1. The Hall–Kier alpha value is -1.36. The summed E-state index contributed by atoms with van der Waals surface area (Å²) in [6.45, 7) is 4.84. The molecule has 1 aromatic heterocycles. The predicted octanol–water partition coefficient (Wildman–Crippen LogP) is 1.41. The highest BCUT2D eigenvalue weighted by atomic mass is 16.2. The van der Waals surface area contributed by atoms with Crippen molar-refractivity contribution in [3.8, 4) is 0 Å². The van der Waals surface area contributed by atoms with Gasteiger partial charge in [0.05, 0.1) is 0 Å². The fraction of sp³-hybridized carbons (Fsp3) is 0.714. The molecular weight excluding hydrogens is 240 g/mol. The molecule has 5 heteroatoms. The molecule has 5 nitrogen and oxygen atoms in total. The molecule has 2 heterocycles. The van der Waals surface area contributed by atoms with Gasteiger partial charge in [-0.25, -0.2) is 4.98 Å². The lowest BCUT2D eigenvalue weighted by Crippen LogP contribution is -2.42. The van der Waals surface area contributed by atoms with Crippen LogP contribution in [0.1, 0.15) is 43.2 Å². The first kappa shape index (κ1) is 14.1. The summed E-state index contributed by atoms with van der Waals surface area (Å²) in [5.41, 5.74) is 0. The molecule has 1 amide bonds. The van der Waals surface area contributed by atoms with Gasteiger partial charge in [-0.05, 0) is 25.8 Å². The van der Waals surface area contributed by atoms with Crippen molar-refractivity contribution in [2.45, 2.75) is 38.6 Å². The molecule has 0 bridgehead atoms. The maximum atomic E-state index is 12.5. The van der Waals surface area contributed by atoms with Gasteiger partial charge in [0, 0.05) is 38.6 Å². The monoisotopic (exact) mass is 264 g/mol. The average molecular weight is 264 g/mol. The van der Waals surface area contributed by atoms with Crippen LogP contribution in [0.5, 0.6) is 0 Å². The van der Waals surface area contributed by atoms with Crippen molar-refractivity contribution in [2.24, 2.45) is 7.05 Å². The number of nitrogens with zero attached hydrogens (tertiary/aromatic N) is 3. The lowest BCUT2D eigenvalue weighted by Gasteiger charge is -2.25. The van der Waals surface area contributed by atoms with Gasteiger partial charge in [-0.15, -0.1) is 0 Å². The zero-order valence-corrected chi connectivity index (χ0v) is 11.9. The minimum Gasteiger partial charge on any atom is -0.334 e. The van der Waals surface area contributed by atoms with Crippen LogP contribution >= 0.6 is 0 Å². The van der Waals surface area contributed by atoms with Gasteiger partial charge in [-0.2, -0.15) is 0 Å². The van der Waals surface area contributed by atoms with Gasteiger partial charge in [-0.3, -0.25) is 4.79 Å². The van der Waals surface area contributed by atoms with Crippen molar-refractivity contribution in [1.82, 2.24) is 19.8 Å². The quantitative estimate of drug-likeness (QED) is 0.845. The standard InChI is InChI=1S/C14H24N4O/c1-3-4-9-18(11-12-6-5-7-15-12)14(19)13-16-8-10-17(13)2/h8,10,12,15H,3-7,9,11H2,1-2H3. The number of hydrogen-bond donors (Lipinski definition) is 1. The molecular formula is C14H24N4O. The Morgan fingerprint density at radius 1 is 1.63 bits per heavy atom. The van der Waals surface area contributed by atoms with Crippen LogP contribution in [-0.2, 0) is 7.05 Å². The van der Waals surface area contributed by atoms with E-state index in [1.165, 1.54) is 6.42 Å². The Morgan fingerprint density at radius 3 is 3.05 bits per heavy atom. The van der Waals surface area contributed by atoms with E-state index < -0.39 is 0 Å². The molecule has 1 unspecified atom stereocenters. The first-order chi connectivity index (χ1) is 9.22. The number of rotatable bonds is 6. The Labute approximate surface area is 115 Å². The van der Waals surface area contributed by atoms with Gasteiger partial charge in [0.15, 0.2) is 5.82 Å². The van der Waals surface area contributed by atoms with E-state index in [1.807, 2.05) is 18.1 Å². The van der Waals surface area contributed by atoms with Crippen molar-refractivity contribution >= 4 is 5.91 Å². The zero-order chi connectivity index (χ0) is 13.7. The molecule has 0 aromatic carbocycles. The molecule has 1 fully saturated rings. The molecule has 2 rings (SSSR count). The normalized spacial score (nSPS) is 18.7. The lowest BCUT2D eigenvalue weighted by molar-refractivity contribution is 0.0723. The second-order valence-electron chi connectivity index (χ2n) is 5.26. The summed E-state index contributed by atoms with van der Waals surface area (Å²) in [5.74, 6) is 0.587. The second-order valence-corrected chi connectivity index (χ2v) is 5.26. The first-order valence-corrected chi connectivity index (χ1v) is 7.22. The molecule has 1 saturated heterocycles. The van der Waals surface area contributed by atoms with Crippen molar-refractivity contribution in [3.63, 3.8) is 0 Å². The Bertz CT molecular complexity index is 409. The predicted molar refractivity (Wildman–Crippen MR) is 75.0 cm³/mol. The molecule has 0 aliphatic carbocycles. The van der Waals surface area contributed by atoms with E-state index in [2.05, 4.69) is 17.2 Å². The Balaban J connectivity index is 2.03. The topological polar surface area (TPSA) is 50.2 Å². The second kappa shape index (κ2) is 6.70. The van der Waals surface area contributed by atoms with Crippen LogP contribution in [0.15, 0.2) is 12.4 Å². The highest BCUT2D eigenvalue weighted by molar-refractivity contribution is 5.90. The summed E-state index contributed by atoms with van der Waals surface area (Å²) in [7, 11) is 1.87. The minimum atomic E-state index is 0.0506. The average Bonchev–Trinajstić information content (AvgIpc) is 3.05. The van der Waals surface area contributed by atoms with Crippen molar-refractivity contribution in [3.05, 3.63) is 18.2 Å². The van der Waals surface area contributed by atoms with Crippen LogP contribution in [0.25, 0.3) is 0 Å². The van der Waals surface area contributed by atoms with Gasteiger partial charge in [0.25, 0.3) is 5.91 Å². The molecule has 1 aliphatic heterocycles. The summed E-state index contributed by atoms with van der Waals surface area (Å²) in [6, 6.07) is 0.445. The lowest BCUT2D eigenvalue weighted by atomic mass is 10.2. The smallest absolute Gasteiger partial charge is 0.289 e. The largest absolute Gasteiger partial charge is 0.334 e. The summed E-state index contributed by atoms with van der Waals surface area (Å²) < 4.78 is 1.79. The van der Waals surface area contributed by atoms with E-state index in [4.69, 9.17) is 0 Å². The van der Waals surface area contributed by atoms with Crippen LogP contribution < -0.4 is 5.32 Å². The number of nitrogens with one attached hydrogen (secondary N) is 1. The zero-order valence-electron chi connectivity index (χ0n) is 11.9. The Kier molecular flexibility index (Phi) is 4.96. The van der Waals surface area contributed by atoms with Gasteiger partial charge in [0.1, 0.15) is 0 Å². The molecule has 0 radical (unpaired) electrons. The van der Waals surface area contributed by atoms with E-state index in [0.717, 1.165) is 38.9 Å². The molecule has 1 atom stereocenters. The summed E-state index contributed by atoms with van der Waals surface area (Å²) in [4.78, 5) is 18.7. The number of aromatic nitrogens is 2.